The van der Waals surface area contributed by atoms with E-state index in [9.17, 15) is 0 Å². The summed E-state index contributed by atoms with van der Waals surface area (Å²) < 4.78 is 6.85. The molecule has 0 spiro atoms. The van der Waals surface area contributed by atoms with Crippen LogP contribution in [0.5, 0.6) is 0 Å². The first kappa shape index (κ1) is 31.8. The lowest BCUT2D eigenvalue weighted by Crippen LogP contribution is -1.91. The van der Waals surface area contributed by atoms with Crippen LogP contribution in [0.3, 0.4) is 0 Å². The molecule has 0 saturated heterocycles. The van der Waals surface area contributed by atoms with Crippen molar-refractivity contribution >= 4 is 75.8 Å². The van der Waals surface area contributed by atoms with Gasteiger partial charge in [-0.25, -0.2) is 0 Å². The van der Waals surface area contributed by atoms with Gasteiger partial charge < -0.3 is 4.42 Å². The summed E-state index contributed by atoms with van der Waals surface area (Å²) in [4.78, 5) is 0. The Kier molecular flexibility index (Phi) is 7.00. The summed E-state index contributed by atoms with van der Waals surface area (Å²) in [5.74, 6) is 0. The van der Waals surface area contributed by atoms with Crippen LogP contribution < -0.4 is 0 Å². The quantitative estimate of drug-likeness (QED) is 0.165. The highest BCUT2D eigenvalue weighted by molar-refractivity contribution is 6.26. The summed E-state index contributed by atoms with van der Waals surface area (Å²) >= 11 is 0. The third kappa shape index (κ3) is 4.83. The third-order valence-electron chi connectivity index (χ3n) is 12.0. The molecule has 12 aromatic rings. The normalized spacial score (nSPS) is 11.9. The standard InChI is InChI=1S/C56H34O/c1-2-16-36(17-3-1)52-44-23-10-12-25-46(44)55(47-26-13-11-24-45(47)52)49-27-14-28-50-56(49)48-32-31-39(34-51(48)57-50)54-42-21-8-6-19-40(42)53(41-20-7-9-22-43(41)54)38-30-29-35-15-4-5-18-37(35)33-38/h1-34H. The number of hydrogen-bond donors (Lipinski definition) is 0. The van der Waals surface area contributed by atoms with Crippen LogP contribution in [0.25, 0.3) is 120 Å². The predicted octanol–water partition coefficient (Wildman–Crippen LogP) is 16.0. The molecule has 0 N–H and O–H groups in total. The van der Waals surface area contributed by atoms with Crippen LogP contribution in [-0.2, 0) is 0 Å². The van der Waals surface area contributed by atoms with Crippen LogP contribution >= 0.6 is 0 Å². The Bertz CT molecular complexity index is 3460. The zero-order valence-corrected chi connectivity index (χ0v) is 31.0. The van der Waals surface area contributed by atoms with Gasteiger partial charge in [0.05, 0.1) is 0 Å². The van der Waals surface area contributed by atoms with Gasteiger partial charge in [-0.3, -0.25) is 0 Å². The second-order valence-corrected chi connectivity index (χ2v) is 15.1. The first-order valence-corrected chi connectivity index (χ1v) is 19.7. The maximum atomic E-state index is 6.85. The van der Waals surface area contributed by atoms with Gasteiger partial charge in [-0.15, -0.1) is 0 Å². The maximum Gasteiger partial charge on any atom is 0.136 e. The van der Waals surface area contributed by atoms with Crippen molar-refractivity contribution in [2.75, 3.05) is 0 Å². The molecule has 12 rings (SSSR count). The van der Waals surface area contributed by atoms with Gasteiger partial charge in [0.25, 0.3) is 0 Å². The molecule has 1 aromatic heterocycles. The molecule has 1 heterocycles. The van der Waals surface area contributed by atoms with Crippen molar-refractivity contribution in [3.8, 4) is 44.5 Å². The first-order valence-electron chi connectivity index (χ1n) is 19.7. The van der Waals surface area contributed by atoms with Gasteiger partial charge in [-0.2, -0.15) is 0 Å². The van der Waals surface area contributed by atoms with E-state index < -0.39 is 0 Å². The number of benzene rings is 11. The maximum absolute atomic E-state index is 6.85. The number of rotatable bonds is 4. The van der Waals surface area contributed by atoms with Crippen LogP contribution in [0.15, 0.2) is 211 Å². The van der Waals surface area contributed by atoms with E-state index in [2.05, 4.69) is 206 Å². The Morgan fingerprint density at radius 1 is 0.246 bits per heavy atom. The summed E-state index contributed by atoms with van der Waals surface area (Å²) in [6.45, 7) is 0. The molecule has 1 nitrogen and oxygen atoms in total. The molecule has 0 aliphatic heterocycles. The van der Waals surface area contributed by atoms with Gasteiger partial charge in [0, 0.05) is 10.8 Å². The van der Waals surface area contributed by atoms with E-state index in [0.717, 1.165) is 27.5 Å². The molecular formula is C56H34O. The predicted molar refractivity (Wildman–Crippen MR) is 243 cm³/mol. The van der Waals surface area contributed by atoms with Crippen molar-refractivity contribution in [2.45, 2.75) is 0 Å². The Hall–Kier alpha value is -7.48. The van der Waals surface area contributed by atoms with E-state index >= 15 is 0 Å². The van der Waals surface area contributed by atoms with Gasteiger partial charge in [-0.05, 0) is 123 Å². The fourth-order valence-corrected chi connectivity index (χ4v) is 9.62. The molecule has 1 heteroatoms. The minimum absolute atomic E-state index is 0.885. The number of furan rings is 1. The van der Waals surface area contributed by atoms with Crippen molar-refractivity contribution in [1.82, 2.24) is 0 Å². The van der Waals surface area contributed by atoms with E-state index in [4.69, 9.17) is 4.42 Å². The zero-order chi connectivity index (χ0) is 37.5. The van der Waals surface area contributed by atoms with Gasteiger partial charge in [0.15, 0.2) is 0 Å². The molecule has 0 radical (unpaired) electrons. The van der Waals surface area contributed by atoms with E-state index in [0.29, 0.717) is 0 Å². The molecule has 0 aliphatic rings. The van der Waals surface area contributed by atoms with Crippen molar-refractivity contribution in [3.05, 3.63) is 206 Å². The Morgan fingerprint density at radius 2 is 0.702 bits per heavy atom. The van der Waals surface area contributed by atoms with Crippen molar-refractivity contribution in [3.63, 3.8) is 0 Å². The van der Waals surface area contributed by atoms with Crippen LogP contribution in [-0.4, -0.2) is 0 Å². The minimum Gasteiger partial charge on any atom is -0.456 e. The summed E-state index contributed by atoms with van der Waals surface area (Å²) in [6, 6.07) is 75.1. The largest absolute Gasteiger partial charge is 0.456 e. The average Bonchev–Trinajstić information content (AvgIpc) is 3.66. The van der Waals surface area contributed by atoms with Gasteiger partial charge in [-0.1, -0.05) is 182 Å². The van der Waals surface area contributed by atoms with Gasteiger partial charge in [0.1, 0.15) is 11.2 Å². The molecule has 0 bridgehead atoms. The zero-order valence-electron chi connectivity index (χ0n) is 31.0. The van der Waals surface area contributed by atoms with Crippen LogP contribution in [0.2, 0.25) is 0 Å². The molecule has 0 aliphatic carbocycles. The monoisotopic (exact) mass is 722 g/mol. The van der Waals surface area contributed by atoms with E-state index in [1.807, 2.05) is 0 Å². The van der Waals surface area contributed by atoms with E-state index in [1.165, 1.54) is 92.8 Å². The summed E-state index contributed by atoms with van der Waals surface area (Å²) in [6.07, 6.45) is 0. The minimum atomic E-state index is 0.885. The Labute approximate surface area is 329 Å². The second kappa shape index (κ2) is 12.5. The fourth-order valence-electron chi connectivity index (χ4n) is 9.62. The molecule has 264 valence electrons. The Balaban J connectivity index is 1.10. The van der Waals surface area contributed by atoms with Crippen LogP contribution in [0.4, 0.5) is 0 Å². The van der Waals surface area contributed by atoms with Gasteiger partial charge in [0.2, 0.25) is 0 Å². The van der Waals surface area contributed by atoms with Crippen molar-refractivity contribution in [1.29, 1.82) is 0 Å². The lowest BCUT2D eigenvalue weighted by molar-refractivity contribution is 0.669. The first-order chi connectivity index (χ1) is 28.3. The highest BCUT2D eigenvalue weighted by atomic mass is 16.3. The number of fused-ring (bicyclic) bond motifs is 8. The summed E-state index contributed by atoms with van der Waals surface area (Å²) in [5.41, 5.74) is 11.5. The van der Waals surface area contributed by atoms with Gasteiger partial charge >= 0.3 is 0 Å². The summed E-state index contributed by atoms with van der Waals surface area (Å²) in [5, 5.41) is 14.7. The van der Waals surface area contributed by atoms with E-state index in [-0.39, 0.29) is 0 Å². The lowest BCUT2D eigenvalue weighted by Gasteiger charge is -2.18. The van der Waals surface area contributed by atoms with Crippen molar-refractivity contribution < 1.29 is 4.42 Å². The topological polar surface area (TPSA) is 13.1 Å². The average molecular weight is 723 g/mol. The SMILES string of the molecule is c1ccc(-c2c3ccccc3c(-c3cccc4oc5cc(-c6c7ccccc7c(-c7ccc8ccccc8c7)c7ccccc67)ccc5c34)c3ccccc23)cc1. The molecule has 0 atom stereocenters. The van der Waals surface area contributed by atoms with E-state index in [1.54, 1.807) is 0 Å². The fraction of sp³-hybridized carbons (Fsp3) is 0. The smallest absolute Gasteiger partial charge is 0.136 e. The lowest BCUT2D eigenvalue weighted by atomic mass is 9.84. The molecular weight excluding hydrogens is 689 g/mol. The highest BCUT2D eigenvalue weighted by Crippen LogP contribution is 2.49. The second-order valence-electron chi connectivity index (χ2n) is 15.1. The summed E-state index contributed by atoms with van der Waals surface area (Å²) in [7, 11) is 0. The molecule has 11 aromatic carbocycles. The third-order valence-corrected chi connectivity index (χ3v) is 12.0. The van der Waals surface area contributed by atoms with Crippen molar-refractivity contribution in [2.24, 2.45) is 0 Å². The van der Waals surface area contributed by atoms with Crippen LogP contribution in [0.1, 0.15) is 0 Å². The molecule has 0 saturated carbocycles. The van der Waals surface area contributed by atoms with Crippen LogP contribution in [0, 0.1) is 0 Å². The number of hydrogen-bond acceptors (Lipinski definition) is 1. The molecule has 57 heavy (non-hydrogen) atoms. The Morgan fingerprint density at radius 3 is 1.28 bits per heavy atom. The molecule has 0 amide bonds. The molecule has 0 fully saturated rings. The molecule has 0 unspecified atom stereocenters. The highest BCUT2D eigenvalue weighted by Gasteiger charge is 2.22.